The number of nitriles is 2. The summed E-state index contributed by atoms with van der Waals surface area (Å²) in [5.74, 6) is -0.116. The third-order valence-corrected chi connectivity index (χ3v) is 4.90. The maximum Gasteiger partial charge on any atom is 0.150 e. The van der Waals surface area contributed by atoms with Gasteiger partial charge in [0, 0.05) is 10.9 Å². The Morgan fingerprint density at radius 3 is 2.48 bits per heavy atom. The van der Waals surface area contributed by atoms with Crippen LogP contribution in [0.3, 0.4) is 0 Å². The minimum atomic E-state index is -0.460. The fourth-order valence-corrected chi connectivity index (χ4v) is 3.47. The molecule has 150 valence electrons. The van der Waals surface area contributed by atoms with Crippen molar-refractivity contribution in [2.75, 3.05) is 11.1 Å². The molecule has 0 saturated heterocycles. The number of pyridine rings is 1. The van der Waals surface area contributed by atoms with E-state index in [1.807, 2.05) is 43.3 Å². The molecule has 7 nitrogen and oxygen atoms in total. The number of nitrogens with two attached hydrogens (primary N) is 1. The molecule has 8 heteroatoms. The molecule has 0 aliphatic rings. The third-order valence-electron chi connectivity index (χ3n) is 4.90. The van der Waals surface area contributed by atoms with Crippen LogP contribution < -0.4 is 11.1 Å². The van der Waals surface area contributed by atoms with E-state index in [0.717, 1.165) is 5.56 Å². The number of nitrogens with zero attached hydrogens (tertiary/aromatic N) is 5. The summed E-state index contributed by atoms with van der Waals surface area (Å²) in [5, 5.41) is 23.0. The van der Waals surface area contributed by atoms with E-state index in [0.29, 0.717) is 27.7 Å². The van der Waals surface area contributed by atoms with Crippen LogP contribution in [0.15, 0.2) is 54.9 Å². The van der Waals surface area contributed by atoms with Crippen LogP contribution in [0, 0.1) is 28.5 Å². The van der Waals surface area contributed by atoms with Crippen LogP contribution in [0.25, 0.3) is 22.0 Å². The van der Waals surface area contributed by atoms with Crippen LogP contribution in [-0.2, 0) is 0 Å². The molecule has 4 rings (SSSR count). The summed E-state index contributed by atoms with van der Waals surface area (Å²) >= 11 is 0. The van der Waals surface area contributed by atoms with Gasteiger partial charge in [0.2, 0.25) is 0 Å². The van der Waals surface area contributed by atoms with Crippen LogP contribution in [0.2, 0.25) is 0 Å². The van der Waals surface area contributed by atoms with E-state index in [1.165, 1.54) is 18.5 Å². The Balaban J connectivity index is 1.95. The Hall–Kier alpha value is -4.56. The molecule has 0 saturated carbocycles. The van der Waals surface area contributed by atoms with Crippen molar-refractivity contribution in [3.05, 3.63) is 77.5 Å². The molecule has 0 amide bonds. The summed E-state index contributed by atoms with van der Waals surface area (Å²) in [5.41, 5.74) is 8.64. The Morgan fingerprint density at radius 1 is 1.03 bits per heavy atom. The zero-order chi connectivity index (χ0) is 22.0. The zero-order valence-electron chi connectivity index (χ0n) is 16.5. The molecule has 31 heavy (non-hydrogen) atoms. The van der Waals surface area contributed by atoms with Crippen molar-refractivity contribution in [2.24, 2.45) is 0 Å². The number of nitrogen functional groups attached to an aromatic ring is 1. The average molecular weight is 409 g/mol. The van der Waals surface area contributed by atoms with E-state index >= 15 is 0 Å². The molecule has 2 aromatic carbocycles. The number of hydrogen-bond acceptors (Lipinski definition) is 7. The van der Waals surface area contributed by atoms with Gasteiger partial charge in [-0.3, -0.25) is 0 Å². The van der Waals surface area contributed by atoms with Gasteiger partial charge in [-0.05, 0) is 30.7 Å². The lowest BCUT2D eigenvalue weighted by Crippen LogP contribution is -2.14. The Morgan fingerprint density at radius 2 is 1.77 bits per heavy atom. The van der Waals surface area contributed by atoms with Crippen molar-refractivity contribution in [1.29, 1.82) is 10.5 Å². The first-order chi connectivity index (χ1) is 15.0. The van der Waals surface area contributed by atoms with Gasteiger partial charge in [0.1, 0.15) is 41.5 Å². The molecule has 1 atom stereocenters. The lowest BCUT2D eigenvalue weighted by Gasteiger charge is -2.20. The van der Waals surface area contributed by atoms with E-state index in [-0.39, 0.29) is 17.2 Å². The maximum atomic E-state index is 13.9. The topological polar surface area (TPSA) is 124 Å². The van der Waals surface area contributed by atoms with E-state index in [4.69, 9.17) is 10.7 Å². The molecule has 2 heterocycles. The highest BCUT2D eigenvalue weighted by Gasteiger charge is 2.22. The van der Waals surface area contributed by atoms with Gasteiger partial charge >= 0.3 is 0 Å². The third kappa shape index (κ3) is 3.59. The van der Waals surface area contributed by atoms with Crippen molar-refractivity contribution in [3.63, 3.8) is 0 Å². The Kier molecular flexibility index (Phi) is 5.13. The monoisotopic (exact) mass is 409 g/mol. The molecule has 0 aliphatic heterocycles. The molecular weight excluding hydrogens is 393 g/mol. The van der Waals surface area contributed by atoms with E-state index in [1.54, 1.807) is 6.07 Å². The number of rotatable bonds is 4. The number of hydrogen-bond donors (Lipinski definition) is 2. The molecule has 2 aromatic heterocycles. The van der Waals surface area contributed by atoms with Crippen molar-refractivity contribution in [3.8, 4) is 23.3 Å². The number of nitrogens with one attached hydrogen (secondary N) is 1. The second-order valence-corrected chi connectivity index (χ2v) is 6.85. The van der Waals surface area contributed by atoms with Crippen LogP contribution in [0.5, 0.6) is 0 Å². The van der Waals surface area contributed by atoms with E-state index in [9.17, 15) is 14.9 Å². The largest absolute Gasteiger partial charge is 0.382 e. The van der Waals surface area contributed by atoms with Gasteiger partial charge in [-0.25, -0.2) is 19.3 Å². The fourth-order valence-electron chi connectivity index (χ4n) is 3.47. The first-order valence-electron chi connectivity index (χ1n) is 9.39. The summed E-state index contributed by atoms with van der Waals surface area (Å²) in [6, 6.07) is 17.2. The molecule has 4 aromatic rings. The highest BCUT2D eigenvalue weighted by Crippen LogP contribution is 2.36. The minimum absolute atomic E-state index is 0.0649. The average Bonchev–Trinajstić information content (AvgIpc) is 2.78. The molecule has 0 bridgehead atoms. The van der Waals surface area contributed by atoms with Crippen molar-refractivity contribution in [1.82, 2.24) is 15.0 Å². The van der Waals surface area contributed by atoms with Gasteiger partial charge in [-0.2, -0.15) is 10.5 Å². The molecule has 0 fully saturated rings. The van der Waals surface area contributed by atoms with Gasteiger partial charge in [0.25, 0.3) is 0 Å². The second kappa shape index (κ2) is 8.05. The lowest BCUT2D eigenvalue weighted by atomic mass is 9.92. The Bertz CT molecular complexity index is 1370. The number of anilines is 2. The highest BCUT2D eigenvalue weighted by atomic mass is 19.1. The van der Waals surface area contributed by atoms with Gasteiger partial charge in [-0.15, -0.1) is 0 Å². The number of benzene rings is 2. The minimum Gasteiger partial charge on any atom is -0.382 e. The van der Waals surface area contributed by atoms with Crippen molar-refractivity contribution in [2.45, 2.75) is 13.0 Å². The molecule has 0 spiro atoms. The van der Waals surface area contributed by atoms with Crippen LogP contribution in [0.4, 0.5) is 16.0 Å². The summed E-state index contributed by atoms with van der Waals surface area (Å²) in [6.07, 6.45) is 1.26. The van der Waals surface area contributed by atoms with Crippen LogP contribution >= 0.6 is 0 Å². The quantitative estimate of drug-likeness (QED) is 0.514. The first-order valence-corrected chi connectivity index (χ1v) is 9.39. The summed E-state index contributed by atoms with van der Waals surface area (Å²) in [4.78, 5) is 12.7. The number of halogens is 1. The van der Waals surface area contributed by atoms with Gasteiger partial charge in [0.05, 0.1) is 22.8 Å². The number of aromatic nitrogens is 3. The predicted octanol–water partition coefficient (Wildman–Crippen LogP) is 4.33. The standard InChI is InChI=1S/C23H16FN7/c1-13(30-23-18(11-26)22(27)28-12-29-23)21-20(14-5-3-2-4-6-14)17(10-25)16-9-15(24)7-8-19(16)31-21/h2-9,12-13H,1H3,(H3,27,28,29,30). The highest BCUT2D eigenvalue weighted by molar-refractivity contribution is 5.93. The smallest absolute Gasteiger partial charge is 0.150 e. The molecule has 3 N–H and O–H groups in total. The van der Waals surface area contributed by atoms with E-state index in [2.05, 4.69) is 21.4 Å². The molecule has 0 aliphatic carbocycles. The fraction of sp³-hybridized carbons (Fsp3) is 0.0870. The van der Waals surface area contributed by atoms with Crippen LogP contribution in [0.1, 0.15) is 29.8 Å². The van der Waals surface area contributed by atoms with Crippen molar-refractivity contribution >= 4 is 22.5 Å². The van der Waals surface area contributed by atoms with Gasteiger partial charge in [-0.1, -0.05) is 30.3 Å². The molecule has 1 unspecified atom stereocenters. The van der Waals surface area contributed by atoms with Gasteiger partial charge in [0.15, 0.2) is 0 Å². The maximum absolute atomic E-state index is 13.9. The summed E-state index contributed by atoms with van der Waals surface area (Å²) in [7, 11) is 0. The summed E-state index contributed by atoms with van der Waals surface area (Å²) in [6.45, 7) is 1.84. The SMILES string of the molecule is CC(Nc1ncnc(N)c1C#N)c1nc2ccc(F)cc2c(C#N)c1-c1ccccc1. The number of fused-ring (bicyclic) bond motifs is 1. The molecular formula is C23H16FN7. The molecule has 0 radical (unpaired) electrons. The van der Waals surface area contributed by atoms with Crippen molar-refractivity contribution < 1.29 is 4.39 Å². The van der Waals surface area contributed by atoms with Crippen LogP contribution in [-0.4, -0.2) is 15.0 Å². The normalized spacial score (nSPS) is 11.5. The Labute approximate surface area is 177 Å². The van der Waals surface area contributed by atoms with Gasteiger partial charge < -0.3 is 11.1 Å². The second-order valence-electron chi connectivity index (χ2n) is 6.85. The first kappa shape index (κ1) is 19.7. The summed E-state index contributed by atoms with van der Waals surface area (Å²) < 4.78 is 13.9. The van der Waals surface area contributed by atoms with E-state index < -0.39 is 11.9 Å². The lowest BCUT2D eigenvalue weighted by molar-refractivity contribution is 0.629. The predicted molar refractivity (Wildman–Crippen MR) is 115 cm³/mol. The zero-order valence-corrected chi connectivity index (χ0v) is 16.5.